The summed E-state index contributed by atoms with van der Waals surface area (Å²) in [7, 11) is 0. The Hall–Kier alpha value is -2.37. The first kappa shape index (κ1) is 19.9. The van der Waals surface area contributed by atoms with E-state index < -0.39 is 17.6 Å². The van der Waals surface area contributed by atoms with Crippen LogP contribution in [-0.2, 0) is 9.59 Å². The summed E-state index contributed by atoms with van der Waals surface area (Å²) < 4.78 is 13.5. The molecule has 150 valence electrons. The highest BCUT2D eigenvalue weighted by molar-refractivity contribution is 6.46. The van der Waals surface area contributed by atoms with Crippen LogP contribution in [-0.4, -0.2) is 29.8 Å². The smallest absolute Gasteiger partial charge is 0.282 e. The Morgan fingerprint density at radius 3 is 2.28 bits per heavy atom. The van der Waals surface area contributed by atoms with Crippen molar-refractivity contribution in [3.8, 4) is 0 Å². The summed E-state index contributed by atoms with van der Waals surface area (Å²) in [6.07, 6.45) is 2.01. The molecule has 0 N–H and O–H groups in total. The largest absolute Gasteiger partial charge is 0.366 e. The van der Waals surface area contributed by atoms with Crippen LogP contribution in [0.15, 0.2) is 48.2 Å². The number of halogens is 3. The Balaban J connectivity index is 1.84. The van der Waals surface area contributed by atoms with Crippen molar-refractivity contribution >= 4 is 46.3 Å². The molecule has 0 saturated carbocycles. The molecule has 29 heavy (non-hydrogen) atoms. The number of carbonyl (C=O) groups is 2. The van der Waals surface area contributed by atoms with Crippen LogP contribution in [0.25, 0.3) is 5.57 Å². The Labute approximate surface area is 178 Å². The van der Waals surface area contributed by atoms with Gasteiger partial charge in [0.05, 0.1) is 11.3 Å². The fourth-order valence-electron chi connectivity index (χ4n) is 3.98. The van der Waals surface area contributed by atoms with Crippen LogP contribution < -0.4 is 4.90 Å². The van der Waals surface area contributed by atoms with Crippen molar-refractivity contribution in [2.75, 3.05) is 18.0 Å². The lowest BCUT2D eigenvalue weighted by atomic mass is 9.98. The van der Waals surface area contributed by atoms with E-state index in [0.717, 1.165) is 17.7 Å². The highest BCUT2D eigenvalue weighted by Crippen LogP contribution is 2.38. The van der Waals surface area contributed by atoms with E-state index in [0.29, 0.717) is 46.0 Å². The third-order valence-corrected chi connectivity index (χ3v) is 5.71. The number of anilines is 1. The monoisotopic (exact) mass is 432 g/mol. The Morgan fingerprint density at radius 2 is 1.66 bits per heavy atom. The third kappa shape index (κ3) is 3.77. The number of amides is 2. The first-order chi connectivity index (χ1) is 13.8. The first-order valence-corrected chi connectivity index (χ1v) is 10.2. The molecule has 0 bridgehead atoms. The Bertz CT molecular complexity index is 1000. The van der Waals surface area contributed by atoms with Crippen LogP contribution in [0.3, 0.4) is 0 Å². The number of imide groups is 1. The second-order valence-corrected chi connectivity index (χ2v) is 8.37. The van der Waals surface area contributed by atoms with Crippen LogP contribution in [0.2, 0.25) is 10.0 Å². The number of benzene rings is 2. The van der Waals surface area contributed by atoms with E-state index in [9.17, 15) is 14.0 Å². The molecule has 1 saturated heterocycles. The SMILES string of the molecule is CC1CCCN(C2=C(c3ccc(F)cc3)C(=O)N(c3cc(Cl)cc(Cl)c3)C2=O)C1. The number of piperidine rings is 1. The average molecular weight is 433 g/mol. The molecule has 4 nitrogen and oxygen atoms in total. The topological polar surface area (TPSA) is 40.6 Å². The molecule has 0 radical (unpaired) electrons. The predicted molar refractivity (Wildman–Crippen MR) is 112 cm³/mol. The molecular formula is C22H19Cl2FN2O2. The van der Waals surface area contributed by atoms with Gasteiger partial charge in [-0.3, -0.25) is 9.59 Å². The molecule has 0 spiro atoms. The maximum atomic E-state index is 13.5. The van der Waals surface area contributed by atoms with E-state index in [4.69, 9.17) is 23.2 Å². The number of hydrogen-bond acceptors (Lipinski definition) is 3. The maximum Gasteiger partial charge on any atom is 0.282 e. The van der Waals surface area contributed by atoms with Gasteiger partial charge in [0.1, 0.15) is 11.5 Å². The highest BCUT2D eigenvalue weighted by atomic mass is 35.5. The number of rotatable bonds is 3. The zero-order valence-electron chi connectivity index (χ0n) is 15.8. The Kier molecular flexibility index (Phi) is 5.36. The van der Waals surface area contributed by atoms with Crippen LogP contribution in [0.1, 0.15) is 25.3 Å². The molecular weight excluding hydrogens is 414 g/mol. The molecule has 0 aromatic heterocycles. The van der Waals surface area contributed by atoms with Crippen LogP contribution >= 0.6 is 23.2 Å². The molecule has 2 aliphatic rings. The lowest BCUT2D eigenvalue weighted by molar-refractivity contribution is -0.120. The van der Waals surface area contributed by atoms with Gasteiger partial charge in [0.15, 0.2) is 0 Å². The second kappa shape index (κ2) is 7.81. The molecule has 0 aliphatic carbocycles. The van der Waals surface area contributed by atoms with Crippen LogP contribution in [0.4, 0.5) is 10.1 Å². The average Bonchev–Trinajstić information content (AvgIpc) is 2.92. The number of nitrogens with zero attached hydrogens (tertiary/aromatic N) is 2. The lowest BCUT2D eigenvalue weighted by Gasteiger charge is -2.33. The summed E-state index contributed by atoms with van der Waals surface area (Å²) in [4.78, 5) is 29.9. The molecule has 2 heterocycles. The quantitative estimate of drug-likeness (QED) is 0.629. The van der Waals surface area contributed by atoms with Gasteiger partial charge in [-0.2, -0.15) is 0 Å². The van der Waals surface area contributed by atoms with Gasteiger partial charge < -0.3 is 4.90 Å². The fourth-order valence-corrected chi connectivity index (χ4v) is 4.50. The van der Waals surface area contributed by atoms with Crippen molar-refractivity contribution in [1.82, 2.24) is 4.90 Å². The summed E-state index contributed by atoms with van der Waals surface area (Å²) in [5.74, 6) is -0.879. The van der Waals surface area contributed by atoms with Crippen molar-refractivity contribution in [3.05, 3.63) is 69.6 Å². The van der Waals surface area contributed by atoms with E-state index in [-0.39, 0.29) is 5.57 Å². The van der Waals surface area contributed by atoms with Crippen molar-refractivity contribution in [2.24, 2.45) is 5.92 Å². The Morgan fingerprint density at radius 1 is 1.00 bits per heavy atom. The molecule has 2 aliphatic heterocycles. The van der Waals surface area contributed by atoms with Gasteiger partial charge in [-0.1, -0.05) is 42.3 Å². The van der Waals surface area contributed by atoms with Crippen LogP contribution in [0.5, 0.6) is 0 Å². The highest BCUT2D eigenvalue weighted by Gasteiger charge is 2.43. The van der Waals surface area contributed by atoms with Gasteiger partial charge in [0.2, 0.25) is 0 Å². The van der Waals surface area contributed by atoms with Gasteiger partial charge in [-0.15, -0.1) is 0 Å². The van der Waals surface area contributed by atoms with Crippen LogP contribution in [0, 0.1) is 11.7 Å². The molecule has 7 heteroatoms. The van der Waals surface area contributed by atoms with Gasteiger partial charge in [0, 0.05) is 23.1 Å². The second-order valence-electron chi connectivity index (χ2n) is 7.50. The van der Waals surface area contributed by atoms with E-state index >= 15 is 0 Å². The molecule has 4 rings (SSSR count). The zero-order chi connectivity index (χ0) is 20.7. The van der Waals surface area contributed by atoms with Gasteiger partial charge >= 0.3 is 0 Å². The van der Waals surface area contributed by atoms with Crippen molar-refractivity contribution in [2.45, 2.75) is 19.8 Å². The zero-order valence-corrected chi connectivity index (χ0v) is 17.3. The fraction of sp³-hybridized carbons (Fsp3) is 0.273. The summed E-state index contributed by atoms with van der Waals surface area (Å²) in [6.45, 7) is 3.50. The van der Waals surface area contributed by atoms with Crippen molar-refractivity contribution < 1.29 is 14.0 Å². The predicted octanol–water partition coefficient (Wildman–Crippen LogP) is 5.15. The van der Waals surface area contributed by atoms with E-state index in [1.54, 1.807) is 6.07 Å². The summed E-state index contributed by atoms with van der Waals surface area (Å²) in [6, 6.07) is 10.2. The summed E-state index contributed by atoms with van der Waals surface area (Å²) >= 11 is 12.2. The van der Waals surface area contributed by atoms with Crippen molar-refractivity contribution in [3.63, 3.8) is 0 Å². The molecule has 1 atom stereocenters. The minimum absolute atomic E-state index is 0.278. The molecule has 2 aromatic carbocycles. The number of likely N-dealkylation sites (tertiary alicyclic amines) is 1. The van der Waals surface area contributed by atoms with E-state index in [2.05, 4.69) is 6.92 Å². The van der Waals surface area contributed by atoms with Gasteiger partial charge in [-0.25, -0.2) is 9.29 Å². The number of hydrogen-bond donors (Lipinski definition) is 0. The van der Waals surface area contributed by atoms with Gasteiger partial charge in [-0.05, 0) is 54.7 Å². The third-order valence-electron chi connectivity index (χ3n) is 5.27. The maximum absolute atomic E-state index is 13.5. The summed E-state index contributed by atoms with van der Waals surface area (Å²) in [5, 5.41) is 0.660. The standard InChI is InChI=1S/C22H19Cl2FN2O2/c1-13-3-2-8-26(12-13)20-19(14-4-6-17(25)7-5-14)21(28)27(22(20)29)18-10-15(23)9-16(24)11-18/h4-7,9-11,13H,2-3,8,12H2,1H3. The molecule has 2 amide bonds. The number of carbonyl (C=O) groups excluding carboxylic acids is 2. The van der Waals surface area contributed by atoms with E-state index in [1.807, 2.05) is 4.90 Å². The molecule has 1 unspecified atom stereocenters. The van der Waals surface area contributed by atoms with E-state index in [1.165, 1.54) is 36.4 Å². The first-order valence-electron chi connectivity index (χ1n) is 9.45. The normalized spacial score (nSPS) is 20.1. The minimum atomic E-state index is -0.465. The van der Waals surface area contributed by atoms with Crippen molar-refractivity contribution in [1.29, 1.82) is 0 Å². The van der Waals surface area contributed by atoms with Gasteiger partial charge in [0.25, 0.3) is 11.8 Å². The molecule has 2 aromatic rings. The minimum Gasteiger partial charge on any atom is -0.366 e. The molecule has 1 fully saturated rings. The summed E-state index contributed by atoms with van der Waals surface area (Å²) in [5.41, 5.74) is 1.45. The lowest BCUT2D eigenvalue weighted by Crippen LogP contribution is -2.39.